The molecule has 0 saturated heterocycles. The van der Waals surface area contributed by atoms with Gasteiger partial charge in [0.2, 0.25) is 0 Å². The van der Waals surface area contributed by atoms with Crippen molar-refractivity contribution in [3.8, 4) is 0 Å². The molecule has 2 rings (SSSR count). The first-order valence-corrected chi connectivity index (χ1v) is 5.69. The lowest BCUT2D eigenvalue weighted by Gasteiger charge is -2.15. The molecule has 3 N–H and O–H groups in total. The summed E-state index contributed by atoms with van der Waals surface area (Å²) in [6.07, 6.45) is 0. The van der Waals surface area contributed by atoms with Gasteiger partial charge in [0.15, 0.2) is 0 Å². The van der Waals surface area contributed by atoms with Crippen molar-refractivity contribution in [3.05, 3.63) is 60.7 Å². The number of para-hydroxylation sites is 2. The summed E-state index contributed by atoms with van der Waals surface area (Å²) in [7, 11) is 0. The van der Waals surface area contributed by atoms with Gasteiger partial charge in [-0.1, -0.05) is 36.4 Å². The molecular formula is C14H13N3O2. The van der Waals surface area contributed by atoms with E-state index >= 15 is 0 Å². The van der Waals surface area contributed by atoms with Crippen LogP contribution in [0.3, 0.4) is 0 Å². The Kier molecular flexibility index (Phi) is 3.90. The summed E-state index contributed by atoms with van der Waals surface area (Å²) >= 11 is 0. The van der Waals surface area contributed by atoms with E-state index in [1.54, 1.807) is 54.6 Å². The molecule has 96 valence electrons. The summed E-state index contributed by atoms with van der Waals surface area (Å²) in [5.41, 5.74) is 0.998. The first-order chi connectivity index (χ1) is 9.18. The molecule has 0 aliphatic carbocycles. The second-order valence-electron chi connectivity index (χ2n) is 3.83. The number of nitrogens with two attached hydrogens (primary N) is 1. The fourth-order valence-corrected chi connectivity index (χ4v) is 1.52. The van der Waals surface area contributed by atoms with Gasteiger partial charge in [0.05, 0.1) is 5.69 Å². The number of benzene rings is 2. The number of rotatable bonds is 2. The third-order valence-electron chi connectivity index (χ3n) is 2.48. The SMILES string of the molecule is NN(C(=O)C(=O)Nc1ccccc1)c1ccccc1. The second kappa shape index (κ2) is 5.79. The van der Waals surface area contributed by atoms with Gasteiger partial charge in [-0.25, -0.2) is 10.9 Å². The van der Waals surface area contributed by atoms with Crippen LogP contribution in [0.25, 0.3) is 0 Å². The predicted molar refractivity (Wildman–Crippen MR) is 73.2 cm³/mol. The lowest BCUT2D eigenvalue weighted by atomic mass is 10.3. The van der Waals surface area contributed by atoms with Gasteiger partial charge in [0.25, 0.3) is 0 Å². The highest BCUT2D eigenvalue weighted by molar-refractivity contribution is 6.44. The number of hydrogen-bond acceptors (Lipinski definition) is 3. The molecule has 2 amide bonds. The quantitative estimate of drug-likeness (QED) is 0.370. The molecular weight excluding hydrogens is 242 g/mol. The Morgan fingerprint density at radius 1 is 0.895 bits per heavy atom. The molecule has 0 atom stereocenters. The maximum Gasteiger partial charge on any atom is 0.330 e. The Morgan fingerprint density at radius 2 is 1.42 bits per heavy atom. The van der Waals surface area contributed by atoms with Gasteiger partial charge in [-0.3, -0.25) is 9.59 Å². The van der Waals surface area contributed by atoms with Crippen molar-refractivity contribution < 1.29 is 9.59 Å². The average Bonchev–Trinajstić information content (AvgIpc) is 2.47. The van der Waals surface area contributed by atoms with Crippen LogP contribution in [0.4, 0.5) is 11.4 Å². The molecule has 5 nitrogen and oxygen atoms in total. The first-order valence-electron chi connectivity index (χ1n) is 5.69. The molecule has 0 fully saturated rings. The van der Waals surface area contributed by atoms with E-state index in [-0.39, 0.29) is 0 Å². The van der Waals surface area contributed by atoms with E-state index in [0.717, 1.165) is 5.01 Å². The van der Waals surface area contributed by atoms with Gasteiger partial charge in [-0.2, -0.15) is 0 Å². The van der Waals surface area contributed by atoms with E-state index in [4.69, 9.17) is 5.84 Å². The lowest BCUT2D eigenvalue weighted by molar-refractivity contribution is -0.134. The van der Waals surface area contributed by atoms with Gasteiger partial charge < -0.3 is 5.32 Å². The first kappa shape index (κ1) is 12.8. The summed E-state index contributed by atoms with van der Waals surface area (Å²) < 4.78 is 0. The number of hydrazine groups is 1. The molecule has 2 aromatic carbocycles. The van der Waals surface area contributed by atoms with Gasteiger partial charge in [-0.15, -0.1) is 0 Å². The number of nitrogens with one attached hydrogen (secondary N) is 1. The van der Waals surface area contributed by atoms with Crippen molar-refractivity contribution in [2.75, 3.05) is 10.3 Å². The number of anilines is 2. The third-order valence-corrected chi connectivity index (χ3v) is 2.48. The van der Waals surface area contributed by atoms with Crippen molar-refractivity contribution in [2.45, 2.75) is 0 Å². The molecule has 0 aliphatic rings. The molecule has 2 aromatic rings. The van der Waals surface area contributed by atoms with E-state index in [1.807, 2.05) is 6.07 Å². The molecule has 0 heterocycles. The predicted octanol–water partition coefficient (Wildman–Crippen LogP) is 1.53. The van der Waals surface area contributed by atoms with Crippen molar-refractivity contribution >= 4 is 23.2 Å². The van der Waals surface area contributed by atoms with Crippen LogP contribution in [0.15, 0.2) is 60.7 Å². The smallest absolute Gasteiger partial charge is 0.318 e. The maximum atomic E-state index is 11.8. The molecule has 0 unspecified atom stereocenters. The molecule has 0 bridgehead atoms. The van der Waals surface area contributed by atoms with Crippen LogP contribution in [-0.4, -0.2) is 11.8 Å². The normalized spacial score (nSPS) is 9.74. The number of hydrogen-bond donors (Lipinski definition) is 2. The highest BCUT2D eigenvalue weighted by atomic mass is 16.2. The lowest BCUT2D eigenvalue weighted by Crippen LogP contribution is -2.44. The zero-order valence-electron chi connectivity index (χ0n) is 10.1. The van der Waals surface area contributed by atoms with Gasteiger partial charge >= 0.3 is 11.8 Å². The van der Waals surface area contributed by atoms with Crippen molar-refractivity contribution in [1.82, 2.24) is 0 Å². The average molecular weight is 255 g/mol. The van der Waals surface area contributed by atoms with Crippen LogP contribution < -0.4 is 16.2 Å². The zero-order valence-corrected chi connectivity index (χ0v) is 10.1. The molecule has 0 saturated carbocycles. The van der Waals surface area contributed by atoms with Crippen LogP contribution in [-0.2, 0) is 9.59 Å². The van der Waals surface area contributed by atoms with E-state index in [1.165, 1.54) is 0 Å². The van der Waals surface area contributed by atoms with Crippen LogP contribution in [0.1, 0.15) is 0 Å². The van der Waals surface area contributed by atoms with Crippen molar-refractivity contribution in [3.63, 3.8) is 0 Å². The van der Waals surface area contributed by atoms with Crippen LogP contribution in [0.5, 0.6) is 0 Å². The van der Waals surface area contributed by atoms with Crippen LogP contribution in [0.2, 0.25) is 0 Å². The van der Waals surface area contributed by atoms with Crippen molar-refractivity contribution in [1.29, 1.82) is 0 Å². The van der Waals surface area contributed by atoms with Gasteiger partial charge in [0, 0.05) is 5.69 Å². The third kappa shape index (κ3) is 3.17. The zero-order chi connectivity index (χ0) is 13.7. The fraction of sp³-hybridized carbons (Fsp3) is 0. The summed E-state index contributed by atoms with van der Waals surface area (Å²) in [5.74, 6) is 4.01. The Balaban J connectivity index is 2.06. The monoisotopic (exact) mass is 255 g/mol. The Labute approximate surface area is 110 Å². The van der Waals surface area contributed by atoms with E-state index in [9.17, 15) is 9.59 Å². The number of carbonyl (C=O) groups excluding carboxylic acids is 2. The minimum atomic E-state index is -0.824. The summed E-state index contributed by atoms with van der Waals surface area (Å²) in [5, 5.41) is 3.30. The van der Waals surface area contributed by atoms with Crippen molar-refractivity contribution in [2.24, 2.45) is 5.84 Å². The fourth-order valence-electron chi connectivity index (χ4n) is 1.52. The minimum Gasteiger partial charge on any atom is -0.318 e. The molecule has 0 aliphatic heterocycles. The summed E-state index contributed by atoms with van der Waals surface area (Å²) in [4.78, 5) is 23.6. The standard InChI is InChI=1S/C14H13N3O2/c15-17(12-9-5-2-6-10-12)14(19)13(18)16-11-7-3-1-4-8-11/h1-10H,15H2,(H,16,18). The Hall–Kier alpha value is -2.66. The van der Waals surface area contributed by atoms with Crippen LogP contribution in [0, 0.1) is 0 Å². The Morgan fingerprint density at radius 3 is 2.00 bits per heavy atom. The summed E-state index contributed by atoms with van der Waals surface area (Å²) in [6.45, 7) is 0. The molecule has 5 heteroatoms. The molecule has 0 aromatic heterocycles. The number of nitrogens with zero attached hydrogens (tertiary/aromatic N) is 1. The highest BCUT2D eigenvalue weighted by Gasteiger charge is 2.20. The number of amides is 2. The van der Waals surface area contributed by atoms with Crippen LogP contribution >= 0.6 is 0 Å². The molecule has 0 spiro atoms. The highest BCUT2D eigenvalue weighted by Crippen LogP contribution is 2.10. The molecule has 19 heavy (non-hydrogen) atoms. The summed E-state index contributed by atoms with van der Waals surface area (Å²) in [6, 6.07) is 17.3. The topological polar surface area (TPSA) is 75.4 Å². The van der Waals surface area contributed by atoms with E-state index in [0.29, 0.717) is 11.4 Å². The second-order valence-corrected chi connectivity index (χ2v) is 3.83. The Bertz CT molecular complexity index is 570. The van der Waals surface area contributed by atoms with E-state index < -0.39 is 11.8 Å². The number of carbonyl (C=O) groups is 2. The maximum absolute atomic E-state index is 11.8. The molecule has 0 radical (unpaired) electrons. The minimum absolute atomic E-state index is 0.454. The van der Waals surface area contributed by atoms with Gasteiger partial charge in [-0.05, 0) is 24.3 Å². The van der Waals surface area contributed by atoms with E-state index in [2.05, 4.69) is 5.32 Å². The largest absolute Gasteiger partial charge is 0.330 e. The van der Waals surface area contributed by atoms with Gasteiger partial charge in [0.1, 0.15) is 0 Å².